The van der Waals surface area contributed by atoms with Crippen molar-refractivity contribution in [1.29, 1.82) is 0 Å². The van der Waals surface area contributed by atoms with E-state index in [1.807, 2.05) is 0 Å². The van der Waals surface area contributed by atoms with Crippen LogP contribution in [0.15, 0.2) is 6.33 Å². The highest BCUT2D eigenvalue weighted by Gasteiger charge is 2.27. The average Bonchev–Trinajstić information content (AvgIpc) is 2.78. The highest BCUT2D eigenvalue weighted by molar-refractivity contribution is 5.50. The Morgan fingerprint density at radius 3 is 3.10 bits per heavy atom. The maximum Gasteiger partial charge on any atom is 0.135 e. The third kappa shape index (κ3) is 3.35. The lowest BCUT2D eigenvalue weighted by molar-refractivity contribution is 0.0934. The normalized spacial score (nSPS) is 22.7. The molecule has 3 rings (SSSR count). The van der Waals surface area contributed by atoms with Gasteiger partial charge in [-0.15, -0.1) is 0 Å². The molecule has 1 atom stereocenters. The topological polar surface area (TPSA) is 50.3 Å². The molecule has 1 aliphatic carbocycles. The average molecular weight is 290 g/mol. The largest absolute Gasteiger partial charge is 0.377 e. The van der Waals surface area contributed by atoms with Crippen LogP contribution in [0.4, 0.5) is 5.82 Å². The number of morpholine rings is 1. The molecule has 2 aliphatic rings. The Kier molecular flexibility index (Phi) is 5.04. The highest BCUT2D eigenvalue weighted by Crippen LogP contribution is 2.28. The molecule has 1 aromatic heterocycles. The zero-order valence-corrected chi connectivity index (χ0v) is 13.0. The highest BCUT2D eigenvalue weighted by atomic mass is 16.5. The Morgan fingerprint density at radius 2 is 2.19 bits per heavy atom. The molecule has 1 unspecified atom stereocenters. The van der Waals surface area contributed by atoms with Crippen LogP contribution in [0.2, 0.25) is 0 Å². The van der Waals surface area contributed by atoms with Crippen molar-refractivity contribution in [1.82, 2.24) is 15.3 Å². The molecule has 1 fully saturated rings. The fourth-order valence-electron chi connectivity index (χ4n) is 3.34. The molecule has 116 valence electrons. The monoisotopic (exact) mass is 290 g/mol. The molecule has 1 saturated heterocycles. The second-order valence-electron chi connectivity index (χ2n) is 5.91. The van der Waals surface area contributed by atoms with Gasteiger partial charge in [-0.1, -0.05) is 13.3 Å². The van der Waals surface area contributed by atoms with E-state index in [9.17, 15) is 0 Å². The zero-order valence-electron chi connectivity index (χ0n) is 13.0. The molecule has 0 amide bonds. The molecule has 0 aromatic carbocycles. The van der Waals surface area contributed by atoms with Crippen LogP contribution in [0.3, 0.4) is 0 Å². The fraction of sp³-hybridized carbons (Fsp3) is 0.750. The Balaban J connectivity index is 1.86. The number of anilines is 1. The van der Waals surface area contributed by atoms with E-state index in [0.717, 1.165) is 51.5 Å². The number of fused-ring (bicyclic) bond motifs is 1. The number of nitrogens with zero attached hydrogens (tertiary/aromatic N) is 3. The summed E-state index contributed by atoms with van der Waals surface area (Å²) in [4.78, 5) is 11.6. The second-order valence-corrected chi connectivity index (χ2v) is 5.91. The van der Waals surface area contributed by atoms with E-state index in [-0.39, 0.29) is 0 Å². The third-order valence-electron chi connectivity index (χ3n) is 4.48. The molecule has 0 radical (unpaired) electrons. The molecule has 0 bridgehead atoms. The van der Waals surface area contributed by atoms with Gasteiger partial charge >= 0.3 is 0 Å². The first-order valence-electron chi connectivity index (χ1n) is 8.28. The fourth-order valence-corrected chi connectivity index (χ4v) is 3.34. The van der Waals surface area contributed by atoms with Crippen molar-refractivity contribution in [2.75, 3.05) is 37.7 Å². The lowest BCUT2D eigenvalue weighted by atomic mass is 10.1. The lowest BCUT2D eigenvalue weighted by Crippen LogP contribution is -2.51. The molecule has 5 nitrogen and oxygen atoms in total. The maximum absolute atomic E-state index is 5.67. The van der Waals surface area contributed by atoms with Crippen molar-refractivity contribution in [2.45, 2.75) is 45.1 Å². The molecule has 1 N–H and O–H groups in total. The molecular weight excluding hydrogens is 264 g/mol. The van der Waals surface area contributed by atoms with Gasteiger partial charge in [0.2, 0.25) is 0 Å². The molecular formula is C16H26N4O. The van der Waals surface area contributed by atoms with Gasteiger partial charge in [-0.2, -0.15) is 0 Å². The number of aromatic nitrogens is 2. The van der Waals surface area contributed by atoms with Crippen LogP contribution >= 0.6 is 0 Å². The summed E-state index contributed by atoms with van der Waals surface area (Å²) in [7, 11) is 0. The molecule has 2 heterocycles. The van der Waals surface area contributed by atoms with E-state index in [2.05, 4.69) is 27.1 Å². The van der Waals surface area contributed by atoms with Crippen molar-refractivity contribution in [3.05, 3.63) is 17.6 Å². The lowest BCUT2D eigenvalue weighted by Gasteiger charge is -2.37. The number of hydrogen-bond donors (Lipinski definition) is 1. The van der Waals surface area contributed by atoms with E-state index in [0.29, 0.717) is 6.04 Å². The van der Waals surface area contributed by atoms with Crippen LogP contribution < -0.4 is 10.2 Å². The zero-order chi connectivity index (χ0) is 14.5. The summed E-state index contributed by atoms with van der Waals surface area (Å²) in [5.41, 5.74) is 2.66. The van der Waals surface area contributed by atoms with Gasteiger partial charge < -0.3 is 15.0 Å². The van der Waals surface area contributed by atoms with Crippen LogP contribution in [-0.2, 0) is 17.6 Å². The summed E-state index contributed by atoms with van der Waals surface area (Å²) in [6.45, 7) is 6.60. The summed E-state index contributed by atoms with van der Waals surface area (Å²) in [5.74, 6) is 1.16. The van der Waals surface area contributed by atoms with Crippen LogP contribution in [0.5, 0.6) is 0 Å². The first kappa shape index (κ1) is 14.7. The minimum absolute atomic E-state index is 0.376. The number of ether oxygens (including phenoxy) is 1. The number of hydrogen-bond acceptors (Lipinski definition) is 5. The maximum atomic E-state index is 5.67. The van der Waals surface area contributed by atoms with Crippen LogP contribution in [0.25, 0.3) is 0 Å². The van der Waals surface area contributed by atoms with Gasteiger partial charge in [0.25, 0.3) is 0 Å². The molecule has 5 heteroatoms. The molecule has 1 aliphatic heterocycles. The van der Waals surface area contributed by atoms with Gasteiger partial charge in [-0.05, 0) is 32.2 Å². The van der Waals surface area contributed by atoms with Crippen LogP contribution in [-0.4, -0.2) is 48.9 Å². The summed E-state index contributed by atoms with van der Waals surface area (Å²) < 4.78 is 5.67. The minimum atomic E-state index is 0.376. The van der Waals surface area contributed by atoms with E-state index < -0.39 is 0 Å². The first-order chi connectivity index (χ1) is 10.4. The van der Waals surface area contributed by atoms with Gasteiger partial charge in [0.15, 0.2) is 0 Å². The second kappa shape index (κ2) is 7.18. The smallest absolute Gasteiger partial charge is 0.135 e. The third-order valence-corrected chi connectivity index (χ3v) is 4.48. The van der Waals surface area contributed by atoms with Gasteiger partial charge in [0.1, 0.15) is 12.1 Å². The van der Waals surface area contributed by atoms with Crippen molar-refractivity contribution >= 4 is 5.82 Å². The van der Waals surface area contributed by atoms with E-state index >= 15 is 0 Å². The molecule has 21 heavy (non-hydrogen) atoms. The Bertz CT molecular complexity index is 466. The van der Waals surface area contributed by atoms with Crippen LogP contribution in [0, 0.1) is 0 Å². The van der Waals surface area contributed by atoms with Crippen molar-refractivity contribution in [3.8, 4) is 0 Å². The van der Waals surface area contributed by atoms with Crippen molar-refractivity contribution < 1.29 is 4.74 Å². The summed E-state index contributed by atoms with van der Waals surface area (Å²) in [5, 5.41) is 3.45. The summed E-state index contributed by atoms with van der Waals surface area (Å²) in [6, 6.07) is 0.376. The van der Waals surface area contributed by atoms with Crippen LogP contribution in [0.1, 0.15) is 37.4 Å². The number of aryl methyl sites for hydroxylation is 1. The van der Waals surface area contributed by atoms with Gasteiger partial charge in [0.05, 0.1) is 19.3 Å². The van der Waals surface area contributed by atoms with E-state index in [1.165, 1.54) is 30.5 Å². The molecule has 0 spiro atoms. The SMILES string of the molecule is CCNCC1COCCN1c1ncnc2c1CCCCC2. The number of rotatable bonds is 4. The predicted octanol–water partition coefficient (Wildman–Crippen LogP) is 1.56. The van der Waals surface area contributed by atoms with Gasteiger partial charge in [-0.3, -0.25) is 0 Å². The Morgan fingerprint density at radius 1 is 1.29 bits per heavy atom. The minimum Gasteiger partial charge on any atom is -0.377 e. The molecule has 1 aromatic rings. The summed E-state index contributed by atoms with van der Waals surface area (Å²) >= 11 is 0. The standard InChI is InChI=1S/C16H26N4O/c1-2-17-10-13-11-21-9-8-20(13)16-14-6-4-3-5-7-15(14)18-12-19-16/h12-13,17H,2-11H2,1H3. The summed E-state index contributed by atoms with van der Waals surface area (Å²) in [6.07, 6.45) is 7.80. The molecule has 0 saturated carbocycles. The number of likely N-dealkylation sites (N-methyl/N-ethyl adjacent to an activating group) is 1. The van der Waals surface area contributed by atoms with Crippen molar-refractivity contribution in [3.63, 3.8) is 0 Å². The van der Waals surface area contributed by atoms with E-state index in [4.69, 9.17) is 4.74 Å². The van der Waals surface area contributed by atoms with Gasteiger partial charge in [0, 0.05) is 24.3 Å². The quantitative estimate of drug-likeness (QED) is 0.853. The van der Waals surface area contributed by atoms with Gasteiger partial charge in [-0.25, -0.2) is 9.97 Å². The number of nitrogens with one attached hydrogen (secondary N) is 1. The van der Waals surface area contributed by atoms with Crippen molar-refractivity contribution in [2.24, 2.45) is 0 Å². The van der Waals surface area contributed by atoms with E-state index in [1.54, 1.807) is 6.33 Å². The first-order valence-corrected chi connectivity index (χ1v) is 8.28. The Hall–Kier alpha value is -1.20. The predicted molar refractivity (Wildman–Crippen MR) is 83.8 cm³/mol. The Labute approximate surface area is 127 Å².